The number of fused-ring (bicyclic) bond motifs is 1. The number of para-hydroxylation sites is 1. The lowest BCUT2D eigenvalue weighted by atomic mass is 10.2. The summed E-state index contributed by atoms with van der Waals surface area (Å²) in [5.41, 5.74) is 3.59. The molecule has 1 heterocycles. The monoisotopic (exact) mass is 250 g/mol. The van der Waals surface area contributed by atoms with Gasteiger partial charge in [-0.2, -0.15) is 0 Å². The first-order valence-electron chi connectivity index (χ1n) is 6.00. The van der Waals surface area contributed by atoms with Crippen LogP contribution in [0.5, 0.6) is 0 Å². The highest BCUT2D eigenvalue weighted by atomic mass is 32.1. The molecule has 0 spiro atoms. The number of benzene rings is 1. The van der Waals surface area contributed by atoms with E-state index in [4.69, 9.17) is 17.0 Å². The highest BCUT2D eigenvalue weighted by molar-refractivity contribution is 7.71. The Hall–Kier alpha value is -1.13. The van der Waals surface area contributed by atoms with Crippen molar-refractivity contribution in [3.63, 3.8) is 0 Å². The number of aryl methyl sites for hydroxylation is 2. The maximum atomic E-state index is 5.36. The van der Waals surface area contributed by atoms with Gasteiger partial charge in [0.25, 0.3) is 0 Å². The Morgan fingerprint density at radius 2 is 2.24 bits per heavy atom. The second kappa shape index (κ2) is 5.47. The SMILES string of the molecule is CCOCCCn1c(=S)[nH]c2cccc(C)c21. The van der Waals surface area contributed by atoms with Gasteiger partial charge in [0, 0.05) is 19.8 Å². The highest BCUT2D eigenvalue weighted by Crippen LogP contribution is 2.18. The summed E-state index contributed by atoms with van der Waals surface area (Å²) >= 11 is 5.36. The van der Waals surface area contributed by atoms with Gasteiger partial charge in [-0.25, -0.2) is 0 Å². The second-order valence-corrected chi connectivity index (χ2v) is 4.49. The van der Waals surface area contributed by atoms with Crippen molar-refractivity contribution in [1.82, 2.24) is 9.55 Å². The van der Waals surface area contributed by atoms with Crippen LogP contribution in [0.2, 0.25) is 0 Å². The molecule has 17 heavy (non-hydrogen) atoms. The van der Waals surface area contributed by atoms with E-state index in [-0.39, 0.29) is 0 Å². The van der Waals surface area contributed by atoms with E-state index in [0.717, 1.165) is 36.5 Å². The fourth-order valence-corrected chi connectivity index (χ4v) is 2.38. The number of aromatic nitrogens is 2. The Morgan fingerprint density at radius 1 is 1.41 bits per heavy atom. The minimum atomic E-state index is 0.776. The minimum absolute atomic E-state index is 0.776. The normalized spacial score (nSPS) is 11.2. The smallest absolute Gasteiger partial charge is 0.178 e. The van der Waals surface area contributed by atoms with E-state index in [1.165, 1.54) is 11.1 Å². The Balaban J connectivity index is 2.27. The fraction of sp³-hybridized carbons (Fsp3) is 0.462. The molecule has 2 aromatic rings. The Bertz CT molecular complexity index is 556. The third-order valence-corrected chi connectivity index (χ3v) is 3.19. The third kappa shape index (κ3) is 2.58. The summed E-state index contributed by atoms with van der Waals surface area (Å²) < 4.78 is 8.32. The number of ether oxygens (including phenoxy) is 1. The zero-order valence-corrected chi connectivity index (χ0v) is 11.1. The second-order valence-electron chi connectivity index (χ2n) is 4.10. The number of hydrogen-bond donors (Lipinski definition) is 1. The number of nitrogens with zero attached hydrogens (tertiary/aromatic N) is 1. The van der Waals surface area contributed by atoms with E-state index in [1.807, 2.05) is 13.0 Å². The van der Waals surface area contributed by atoms with Crippen LogP contribution in [-0.4, -0.2) is 22.8 Å². The lowest BCUT2D eigenvalue weighted by Gasteiger charge is -2.06. The van der Waals surface area contributed by atoms with Crippen molar-refractivity contribution in [2.24, 2.45) is 0 Å². The lowest BCUT2D eigenvalue weighted by Crippen LogP contribution is -2.03. The molecule has 0 fully saturated rings. The molecule has 0 atom stereocenters. The average Bonchev–Trinajstić information content (AvgIpc) is 2.62. The summed E-state index contributed by atoms with van der Waals surface area (Å²) in [5, 5.41) is 0. The van der Waals surface area contributed by atoms with Gasteiger partial charge in [0.1, 0.15) is 0 Å². The summed E-state index contributed by atoms with van der Waals surface area (Å²) in [6.45, 7) is 6.60. The van der Waals surface area contributed by atoms with Crippen molar-refractivity contribution in [1.29, 1.82) is 0 Å². The largest absolute Gasteiger partial charge is 0.382 e. The number of rotatable bonds is 5. The van der Waals surface area contributed by atoms with E-state index in [1.54, 1.807) is 0 Å². The van der Waals surface area contributed by atoms with E-state index in [0.29, 0.717) is 0 Å². The molecule has 0 aliphatic heterocycles. The van der Waals surface area contributed by atoms with Crippen molar-refractivity contribution < 1.29 is 4.74 Å². The molecule has 0 aliphatic carbocycles. The molecular formula is C13H18N2OS. The van der Waals surface area contributed by atoms with Crippen LogP contribution < -0.4 is 0 Å². The zero-order valence-electron chi connectivity index (χ0n) is 10.3. The van der Waals surface area contributed by atoms with Gasteiger partial charge in [-0.15, -0.1) is 0 Å². The number of nitrogens with one attached hydrogen (secondary N) is 1. The predicted octanol–water partition coefficient (Wildman–Crippen LogP) is 3.43. The molecule has 0 aliphatic rings. The Labute approximate surface area is 106 Å². The van der Waals surface area contributed by atoms with Crippen molar-refractivity contribution >= 4 is 23.3 Å². The molecule has 0 saturated carbocycles. The first-order valence-corrected chi connectivity index (χ1v) is 6.40. The molecule has 2 rings (SSSR count). The van der Waals surface area contributed by atoms with Gasteiger partial charge in [0.15, 0.2) is 4.77 Å². The van der Waals surface area contributed by atoms with Gasteiger partial charge in [0.05, 0.1) is 11.0 Å². The van der Waals surface area contributed by atoms with E-state index >= 15 is 0 Å². The van der Waals surface area contributed by atoms with Gasteiger partial charge in [-0.05, 0) is 44.1 Å². The molecule has 92 valence electrons. The predicted molar refractivity (Wildman–Crippen MR) is 73.0 cm³/mol. The maximum absolute atomic E-state index is 5.36. The summed E-state index contributed by atoms with van der Waals surface area (Å²) in [4.78, 5) is 3.25. The Kier molecular flexibility index (Phi) is 3.97. The summed E-state index contributed by atoms with van der Waals surface area (Å²) in [5.74, 6) is 0. The first-order chi connectivity index (χ1) is 8.24. The van der Waals surface area contributed by atoms with Crippen molar-refractivity contribution in [3.05, 3.63) is 28.5 Å². The number of H-pyrrole nitrogens is 1. The standard InChI is InChI=1S/C13H18N2OS/c1-3-16-9-5-8-15-12-10(2)6-4-7-11(12)14-13(15)17/h4,6-7H,3,5,8-9H2,1-2H3,(H,14,17). The molecule has 0 unspecified atom stereocenters. The van der Waals surface area contributed by atoms with Gasteiger partial charge in [0.2, 0.25) is 0 Å². The molecule has 0 bridgehead atoms. The number of imidazole rings is 1. The molecule has 1 aromatic heterocycles. The van der Waals surface area contributed by atoms with Gasteiger partial charge < -0.3 is 14.3 Å². The molecule has 0 amide bonds. The van der Waals surface area contributed by atoms with Crippen molar-refractivity contribution in [3.8, 4) is 0 Å². The van der Waals surface area contributed by atoms with Crippen LogP contribution >= 0.6 is 12.2 Å². The van der Waals surface area contributed by atoms with Crippen molar-refractivity contribution in [2.75, 3.05) is 13.2 Å². The zero-order chi connectivity index (χ0) is 12.3. The fourth-order valence-electron chi connectivity index (χ4n) is 2.08. The average molecular weight is 250 g/mol. The summed E-state index contributed by atoms with van der Waals surface area (Å²) in [6, 6.07) is 6.23. The highest BCUT2D eigenvalue weighted by Gasteiger charge is 2.05. The topological polar surface area (TPSA) is 29.9 Å². The number of hydrogen-bond acceptors (Lipinski definition) is 2. The quantitative estimate of drug-likeness (QED) is 0.651. The first kappa shape index (κ1) is 12.3. The van der Waals surface area contributed by atoms with Crippen LogP contribution in [0.25, 0.3) is 11.0 Å². The van der Waals surface area contributed by atoms with E-state index in [9.17, 15) is 0 Å². The summed E-state index contributed by atoms with van der Waals surface area (Å²) in [6.07, 6.45) is 0.990. The van der Waals surface area contributed by atoms with Crippen molar-refractivity contribution in [2.45, 2.75) is 26.8 Å². The van der Waals surface area contributed by atoms with E-state index in [2.05, 4.69) is 28.6 Å². The molecule has 0 radical (unpaired) electrons. The Morgan fingerprint density at radius 3 is 3.00 bits per heavy atom. The molecule has 0 saturated heterocycles. The van der Waals surface area contributed by atoms with Crippen LogP contribution in [0.4, 0.5) is 0 Å². The van der Waals surface area contributed by atoms with E-state index < -0.39 is 0 Å². The molecule has 3 nitrogen and oxygen atoms in total. The van der Waals surface area contributed by atoms with Crippen LogP contribution in [0.1, 0.15) is 18.9 Å². The summed E-state index contributed by atoms with van der Waals surface area (Å²) in [7, 11) is 0. The maximum Gasteiger partial charge on any atom is 0.178 e. The third-order valence-electron chi connectivity index (χ3n) is 2.87. The van der Waals surface area contributed by atoms with Gasteiger partial charge in [-0.1, -0.05) is 12.1 Å². The molecule has 1 aromatic carbocycles. The lowest BCUT2D eigenvalue weighted by molar-refractivity contribution is 0.142. The van der Waals surface area contributed by atoms with Crippen LogP contribution in [0, 0.1) is 11.7 Å². The minimum Gasteiger partial charge on any atom is -0.382 e. The number of aromatic amines is 1. The van der Waals surface area contributed by atoms with Crippen LogP contribution in [0.15, 0.2) is 18.2 Å². The van der Waals surface area contributed by atoms with Gasteiger partial charge >= 0.3 is 0 Å². The molecular weight excluding hydrogens is 232 g/mol. The van der Waals surface area contributed by atoms with Gasteiger partial charge in [-0.3, -0.25) is 0 Å². The van der Waals surface area contributed by atoms with Crippen LogP contribution in [-0.2, 0) is 11.3 Å². The molecule has 1 N–H and O–H groups in total. The molecule has 4 heteroatoms. The van der Waals surface area contributed by atoms with Crippen LogP contribution in [0.3, 0.4) is 0 Å².